The Morgan fingerprint density at radius 2 is 1.96 bits per heavy atom. The van der Waals surface area contributed by atoms with Crippen LogP contribution in [-0.4, -0.2) is 29.0 Å². The number of carbonyl (C=O) groups is 1. The van der Waals surface area contributed by atoms with Gasteiger partial charge in [-0.1, -0.05) is 32.0 Å². The van der Waals surface area contributed by atoms with Gasteiger partial charge in [-0.05, 0) is 37.3 Å². The van der Waals surface area contributed by atoms with Crippen molar-refractivity contribution in [3.63, 3.8) is 0 Å². The van der Waals surface area contributed by atoms with Gasteiger partial charge in [0.05, 0.1) is 0 Å². The molecule has 0 atom stereocenters. The summed E-state index contributed by atoms with van der Waals surface area (Å²) < 4.78 is 13.6. The molecule has 0 unspecified atom stereocenters. The maximum atomic E-state index is 13.6. The smallest absolute Gasteiger partial charge is 0.270 e. The first-order valence-electron chi connectivity index (χ1n) is 8.57. The van der Waals surface area contributed by atoms with Gasteiger partial charge >= 0.3 is 0 Å². The van der Waals surface area contributed by atoms with E-state index in [1.54, 1.807) is 31.2 Å². The van der Waals surface area contributed by atoms with Gasteiger partial charge in [-0.3, -0.25) is 4.79 Å². The summed E-state index contributed by atoms with van der Waals surface area (Å²) >= 11 is 0. The maximum Gasteiger partial charge on any atom is 0.270 e. The van der Waals surface area contributed by atoms with Gasteiger partial charge in [0.15, 0.2) is 0 Å². The van der Waals surface area contributed by atoms with Gasteiger partial charge in [-0.25, -0.2) is 14.4 Å². The first kappa shape index (κ1) is 18.8. The number of anilines is 1. The molecular formula is C19H25FN4O. The van der Waals surface area contributed by atoms with Crippen molar-refractivity contribution in [3.8, 4) is 0 Å². The molecule has 1 aromatic heterocycles. The number of aromatic nitrogens is 2. The predicted molar refractivity (Wildman–Crippen MR) is 97.2 cm³/mol. The van der Waals surface area contributed by atoms with Gasteiger partial charge in [0.25, 0.3) is 5.91 Å². The van der Waals surface area contributed by atoms with E-state index in [0.29, 0.717) is 41.8 Å². The van der Waals surface area contributed by atoms with Gasteiger partial charge in [0.1, 0.15) is 23.2 Å². The monoisotopic (exact) mass is 344 g/mol. The lowest BCUT2D eigenvalue weighted by Crippen LogP contribution is -2.27. The molecule has 1 amide bonds. The second kappa shape index (κ2) is 9.11. The highest BCUT2D eigenvalue weighted by molar-refractivity contribution is 5.92. The van der Waals surface area contributed by atoms with Crippen molar-refractivity contribution in [1.82, 2.24) is 15.3 Å². The van der Waals surface area contributed by atoms with Crippen molar-refractivity contribution in [2.75, 3.05) is 18.4 Å². The zero-order chi connectivity index (χ0) is 18.2. The molecule has 2 N–H and O–H groups in total. The number of rotatable bonds is 8. The third-order valence-electron chi connectivity index (χ3n) is 3.74. The summed E-state index contributed by atoms with van der Waals surface area (Å²) in [4.78, 5) is 20.8. The highest BCUT2D eigenvalue weighted by atomic mass is 19.1. The van der Waals surface area contributed by atoms with E-state index in [9.17, 15) is 9.18 Å². The topological polar surface area (TPSA) is 66.9 Å². The number of nitrogens with one attached hydrogen (secondary N) is 2. The molecular weight excluding hydrogens is 319 g/mol. The quantitative estimate of drug-likeness (QED) is 0.771. The predicted octanol–water partition coefficient (Wildman–Crippen LogP) is 3.35. The lowest BCUT2D eigenvalue weighted by atomic mass is 10.1. The Hall–Kier alpha value is -2.50. The molecule has 0 spiro atoms. The highest BCUT2D eigenvalue weighted by Gasteiger charge is 2.11. The van der Waals surface area contributed by atoms with Crippen LogP contribution in [0.15, 0.2) is 30.3 Å². The lowest BCUT2D eigenvalue weighted by Gasteiger charge is -2.10. The normalized spacial score (nSPS) is 10.8. The van der Waals surface area contributed by atoms with Crippen molar-refractivity contribution >= 4 is 11.7 Å². The van der Waals surface area contributed by atoms with Crippen LogP contribution in [0, 0.1) is 18.7 Å². The number of aryl methyl sites for hydroxylation is 1. The Balaban J connectivity index is 1.92. The van der Waals surface area contributed by atoms with Crippen LogP contribution in [0.3, 0.4) is 0 Å². The summed E-state index contributed by atoms with van der Waals surface area (Å²) in [6.07, 6.45) is 1.45. The maximum absolute atomic E-state index is 13.6. The fourth-order valence-electron chi connectivity index (χ4n) is 2.37. The molecule has 1 aromatic carbocycles. The largest absolute Gasteiger partial charge is 0.370 e. The Bertz CT molecular complexity index is 718. The Morgan fingerprint density at radius 3 is 2.68 bits per heavy atom. The SMILES string of the molecule is Cc1nc(NCCC(C)C)cc(C(=O)NCCc2ccccc2F)n1. The van der Waals surface area contributed by atoms with E-state index >= 15 is 0 Å². The number of benzene rings is 1. The minimum atomic E-state index is -0.284. The highest BCUT2D eigenvalue weighted by Crippen LogP contribution is 2.09. The first-order chi connectivity index (χ1) is 12.0. The number of hydrogen-bond acceptors (Lipinski definition) is 4. The Kier molecular flexibility index (Phi) is 6.86. The number of carbonyl (C=O) groups excluding carboxylic acids is 1. The molecule has 0 aliphatic heterocycles. The van der Waals surface area contributed by atoms with Gasteiger partial charge in [-0.15, -0.1) is 0 Å². The summed E-state index contributed by atoms with van der Waals surface area (Å²) in [5, 5.41) is 6.00. The summed E-state index contributed by atoms with van der Waals surface area (Å²) in [6, 6.07) is 8.21. The first-order valence-corrected chi connectivity index (χ1v) is 8.57. The average molecular weight is 344 g/mol. The minimum absolute atomic E-state index is 0.258. The molecule has 0 saturated heterocycles. The van der Waals surface area contributed by atoms with Crippen LogP contribution in [0.25, 0.3) is 0 Å². The van der Waals surface area contributed by atoms with Crippen LogP contribution >= 0.6 is 0 Å². The number of hydrogen-bond donors (Lipinski definition) is 2. The van der Waals surface area contributed by atoms with E-state index in [4.69, 9.17) is 0 Å². The minimum Gasteiger partial charge on any atom is -0.370 e. The molecule has 0 radical (unpaired) electrons. The average Bonchev–Trinajstić information content (AvgIpc) is 2.55. The van der Waals surface area contributed by atoms with Crippen molar-refractivity contribution < 1.29 is 9.18 Å². The van der Waals surface area contributed by atoms with E-state index in [0.717, 1.165) is 13.0 Å². The third kappa shape index (κ3) is 6.14. The van der Waals surface area contributed by atoms with Crippen molar-refractivity contribution in [3.05, 3.63) is 53.2 Å². The van der Waals surface area contributed by atoms with Gasteiger partial charge in [-0.2, -0.15) is 0 Å². The van der Waals surface area contributed by atoms with Gasteiger partial charge in [0, 0.05) is 19.2 Å². The van der Waals surface area contributed by atoms with Gasteiger partial charge < -0.3 is 10.6 Å². The standard InChI is InChI=1S/C19H25FN4O/c1-13(2)8-10-21-18-12-17(23-14(3)24-18)19(25)22-11-9-15-6-4-5-7-16(15)20/h4-7,12-13H,8-11H2,1-3H3,(H,22,25)(H,21,23,24). The number of halogens is 1. The molecule has 2 aromatic rings. The van der Waals surface area contributed by atoms with Crippen LogP contribution < -0.4 is 10.6 Å². The van der Waals surface area contributed by atoms with Crippen LogP contribution in [0.4, 0.5) is 10.2 Å². The molecule has 2 rings (SSSR count). The van der Waals surface area contributed by atoms with Crippen LogP contribution in [0.1, 0.15) is 42.1 Å². The van der Waals surface area contributed by atoms with E-state index in [-0.39, 0.29) is 11.7 Å². The fraction of sp³-hybridized carbons (Fsp3) is 0.421. The fourth-order valence-corrected chi connectivity index (χ4v) is 2.37. The molecule has 0 fully saturated rings. The van der Waals surface area contributed by atoms with Crippen molar-refractivity contribution in [1.29, 1.82) is 0 Å². The molecule has 1 heterocycles. The van der Waals surface area contributed by atoms with Crippen LogP contribution in [-0.2, 0) is 6.42 Å². The summed E-state index contributed by atoms with van der Waals surface area (Å²) in [7, 11) is 0. The summed E-state index contributed by atoms with van der Waals surface area (Å²) in [5.74, 6) is 1.23. The van der Waals surface area contributed by atoms with Crippen LogP contribution in [0.5, 0.6) is 0 Å². The van der Waals surface area contributed by atoms with Crippen molar-refractivity contribution in [2.45, 2.75) is 33.6 Å². The molecule has 6 heteroatoms. The van der Waals surface area contributed by atoms with E-state index in [2.05, 4.69) is 34.4 Å². The lowest BCUT2D eigenvalue weighted by molar-refractivity contribution is 0.0948. The Labute approximate surface area is 148 Å². The number of nitrogens with zero attached hydrogens (tertiary/aromatic N) is 2. The zero-order valence-electron chi connectivity index (χ0n) is 15.0. The zero-order valence-corrected chi connectivity index (χ0v) is 15.0. The summed E-state index contributed by atoms with van der Waals surface area (Å²) in [6.45, 7) is 7.20. The molecule has 134 valence electrons. The molecule has 0 aliphatic rings. The van der Waals surface area contributed by atoms with E-state index in [1.807, 2.05) is 0 Å². The van der Waals surface area contributed by atoms with E-state index in [1.165, 1.54) is 6.07 Å². The number of amides is 1. The van der Waals surface area contributed by atoms with E-state index < -0.39 is 0 Å². The second-order valence-electron chi connectivity index (χ2n) is 6.39. The third-order valence-corrected chi connectivity index (χ3v) is 3.74. The molecule has 0 bridgehead atoms. The molecule has 25 heavy (non-hydrogen) atoms. The molecule has 5 nitrogen and oxygen atoms in total. The second-order valence-corrected chi connectivity index (χ2v) is 6.39. The Morgan fingerprint density at radius 1 is 1.20 bits per heavy atom. The van der Waals surface area contributed by atoms with Crippen molar-refractivity contribution in [2.24, 2.45) is 5.92 Å². The summed E-state index contributed by atoms with van der Waals surface area (Å²) in [5.41, 5.74) is 0.894. The molecule has 0 aliphatic carbocycles. The molecule has 0 saturated carbocycles. The van der Waals surface area contributed by atoms with Crippen LogP contribution in [0.2, 0.25) is 0 Å². The van der Waals surface area contributed by atoms with Gasteiger partial charge in [0.2, 0.25) is 0 Å².